The molecule has 2 aromatic carbocycles. The van der Waals surface area contributed by atoms with E-state index in [4.69, 9.17) is 4.84 Å². The lowest BCUT2D eigenvalue weighted by Gasteiger charge is -2.16. The Bertz CT molecular complexity index is 775. The van der Waals surface area contributed by atoms with Gasteiger partial charge in [-0.1, -0.05) is 29.4 Å². The van der Waals surface area contributed by atoms with Crippen molar-refractivity contribution >= 4 is 11.6 Å². The number of hydrogen-bond donors (Lipinski definition) is 1. The lowest BCUT2D eigenvalue weighted by atomic mass is 10.0. The Morgan fingerprint density at radius 2 is 1.96 bits per heavy atom. The van der Waals surface area contributed by atoms with Crippen LogP contribution in [0.5, 0.6) is 0 Å². The molecule has 0 saturated carbocycles. The van der Waals surface area contributed by atoms with Crippen LogP contribution < -0.4 is 5.32 Å². The first-order chi connectivity index (χ1) is 11.5. The summed E-state index contributed by atoms with van der Waals surface area (Å²) in [5, 5.41) is 6.69. The van der Waals surface area contributed by atoms with Crippen LogP contribution in [0, 0.1) is 11.6 Å². The molecule has 0 aromatic heterocycles. The van der Waals surface area contributed by atoms with E-state index in [0.717, 1.165) is 5.56 Å². The highest BCUT2D eigenvalue weighted by molar-refractivity contribution is 6.04. The summed E-state index contributed by atoms with van der Waals surface area (Å²) < 4.78 is 26.2. The lowest BCUT2D eigenvalue weighted by molar-refractivity contribution is -0.131. The highest BCUT2D eigenvalue weighted by Gasteiger charge is 2.29. The maximum absolute atomic E-state index is 13.3. The fourth-order valence-electron chi connectivity index (χ4n) is 2.50. The number of nitrogens with one attached hydrogen (secondary N) is 1. The largest absolute Gasteiger partial charge is 0.382 e. The summed E-state index contributed by atoms with van der Waals surface area (Å²) in [6, 6.07) is 11.6. The van der Waals surface area contributed by atoms with E-state index in [1.165, 1.54) is 24.3 Å². The first-order valence-corrected chi connectivity index (χ1v) is 7.57. The summed E-state index contributed by atoms with van der Waals surface area (Å²) in [6.07, 6.45) is -0.489. The van der Waals surface area contributed by atoms with Gasteiger partial charge in [0.25, 0.3) is 5.91 Å². The minimum absolute atomic E-state index is 0.269. The van der Waals surface area contributed by atoms with E-state index in [2.05, 4.69) is 10.5 Å². The van der Waals surface area contributed by atoms with E-state index < -0.39 is 6.10 Å². The molecular formula is C18H16F2N2O2. The average molecular weight is 330 g/mol. The zero-order valence-corrected chi connectivity index (χ0v) is 13.0. The molecule has 0 fully saturated rings. The Kier molecular flexibility index (Phi) is 4.55. The van der Waals surface area contributed by atoms with Crippen LogP contribution in [0.4, 0.5) is 8.78 Å². The molecule has 1 N–H and O–H groups in total. The monoisotopic (exact) mass is 330 g/mol. The molecule has 0 spiro atoms. The van der Waals surface area contributed by atoms with Crippen molar-refractivity contribution in [2.45, 2.75) is 25.5 Å². The number of hydrogen-bond acceptors (Lipinski definition) is 3. The maximum Gasteiger partial charge on any atom is 0.264 e. The SMILES string of the molecule is C[C@@H](NC(=O)[C@H]1CC(c2cccc(F)c2)=NO1)c1ccc(F)cc1. The van der Waals surface area contributed by atoms with Gasteiger partial charge in [-0.15, -0.1) is 0 Å². The van der Waals surface area contributed by atoms with Gasteiger partial charge in [0.05, 0.1) is 11.8 Å². The van der Waals surface area contributed by atoms with Crippen LogP contribution in [0.2, 0.25) is 0 Å². The molecule has 24 heavy (non-hydrogen) atoms. The second-order valence-corrected chi connectivity index (χ2v) is 5.63. The molecule has 2 atom stereocenters. The first-order valence-electron chi connectivity index (χ1n) is 7.57. The third kappa shape index (κ3) is 3.59. The topological polar surface area (TPSA) is 50.7 Å². The minimum Gasteiger partial charge on any atom is -0.382 e. The summed E-state index contributed by atoms with van der Waals surface area (Å²) in [5.41, 5.74) is 1.91. The molecule has 0 bridgehead atoms. The van der Waals surface area contributed by atoms with E-state index >= 15 is 0 Å². The van der Waals surface area contributed by atoms with Gasteiger partial charge in [0, 0.05) is 12.0 Å². The van der Waals surface area contributed by atoms with Crippen molar-refractivity contribution in [3.63, 3.8) is 0 Å². The molecular weight excluding hydrogens is 314 g/mol. The average Bonchev–Trinajstić information content (AvgIpc) is 3.05. The Balaban J connectivity index is 1.60. The fourth-order valence-corrected chi connectivity index (χ4v) is 2.50. The molecule has 0 unspecified atom stereocenters. The normalized spacial score (nSPS) is 17.8. The van der Waals surface area contributed by atoms with Gasteiger partial charge in [-0.25, -0.2) is 8.78 Å². The van der Waals surface area contributed by atoms with E-state index in [1.54, 1.807) is 31.2 Å². The zero-order chi connectivity index (χ0) is 17.1. The van der Waals surface area contributed by atoms with Gasteiger partial charge < -0.3 is 10.2 Å². The Hall–Kier alpha value is -2.76. The van der Waals surface area contributed by atoms with Gasteiger partial charge in [-0.05, 0) is 36.8 Å². The molecule has 1 aliphatic heterocycles. The third-order valence-electron chi connectivity index (χ3n) is 3.85. The summed E-state index contributed by atoms with van der Waals surface area (Å²) >= 11 is 0. The number of nitrogens with zero attached hydrogens (tertiary/aromatic N) is 1. The van der Waals surface area contributed by atoms with Crippen LogP contribution in [-0.4, -0.2) is 17.7 Å². The van der Waals surface area contributed by atoms with Crippen molar-refractivity contribution < 1.29 is 18.4 Å². The van der Waals surface area contributed by atoms with E-state index in [0.29, 0.717) is 11.3 Å². The number of rotatable bonds is 4. The van der Waals surface area contributed by atoms with Crippen LogP contribution in [0.15, 0.2) is 53.7 Å². The molecule has 3 rings (SSSR count). The number of amides is 1. The van der Waals surface area contributed by atoms with Gasteiger partial charge in [0.2, 0.25) is 6.10 Å². The minimum atomic E-state index is -0.758. The van der Waals surface area contributed by atoms with Crippen LogP contribution in [0.3, 0.4) is 0 Å². The molecule has 0 aliphatic carbocycles. The molecule has 4 nitrogen and oxygen atoms in total. The van der Waals surface area contributed by atoms with Crippen molar-refractivity contribution in [1.29, 1.82) is 0 Å². The second kappa shape index (κ2) is 6.78. The molecule has 1 amide bonds. The van der Waals surface area contributed by atoms with Crippen molar-refractivity contribution in [3.8, 4) is 0 Å². The summed E-state index contributed by atoms with van der Waals surface area (Å²) in [4.78, 5) is 17.5. The van der Waals surface area contributed by atoms with E-state index in [-0.39, 0.29) is 30.0 Å². The van der Waals surface area contributed by atoms with Crippen LogP contribution in [-0.2, 0) is 9.63 Å². The van der Waals surface area contributed by atoms with Crippen molar-refractivity contribution in [1.82, 2.24) is 5.32 Å². The summed E-state index contributed by atoms with van der Waals surface area (Å²) in [7, 11) is 0. The van der Waals surface area contributed by atoms with Gasteiger partial charge in [-0.2, -0.15) is 0 Å². The number of carbonyl (C=O) groups excluding carboxylic acids is 1. The number of oxime groups is 1. The standard InChI is InChI=1S/C18H16F2N2O2/c1-11(12-5-7-14(19)8-6-12)21-18(23)17-10-16(22-24-17)13-3-2-4-15(20)9-13/h2-9,11,17H,10H2,1H3,(H,21,23)/t11-,17-/m1/s1. The maximum atomic E-state index is 13.3. The zero-order valence-electron chi connectivity index (χ0n) is 13.0. The van der Waals surface area contributed by atoms with Crippen LogP contribution >= 0.6 is 0 Å². The molecule has 0 radical (unpaired) electrons. The highest BCUT2D eigenvalue weighted by atomic mass is 19.1. The predicted octanol–water partition coefficient (Wildman–Crippen LogP) is 3.34. The second-order valence-electron chi connectivity index (χ2n) is 5.63. The highest BCUT2D eigenvalue weighted by Crippen LogP contribution is 2.19. The summed E-state index contributed by atoms with van der Waals surface area (Å²) in [5.74, 6) is -1.01. The van der Waals surface area contributed by atoms with Gasteiger partial charge in [0.15, 0.2) is 0 Å². The first kappa shape index (κ1) is 16.1. The Morgan fingerprint density at radius 1 is 1.21 bits per heavy atom. The Morgan fingerprint density at radius 3 is 2.67 bits per heavy atom. The Labute approximate surface area is 138 Å². The van der Waals surface area contributed by atoms with Crippen molar-refractivity contribution in [2.24, 2.45) is 5.16 Å². The van der Waals surface area contributed by atoms with Gasteiger partial charge in [-0.3, -0.25) is 4.79 Å². The predicted molar refractivity (Wildman–Crippen MR) is 85.4 cm³/mol. The van der Waals surface area contributed by atoms with Crippen LogP contribution in [0.1, 0.15) is 30.5 Å². The molecule has 1 heterocycles. The van der Waals surface area contributed by atoms with E-state index in [9.17, 15) is 13.6 Å². The van der Waals surface area contributed by atoms with Crippen molar-refractivity contribution in [2.75, 3.05) is 0 Å². The lowest BCUT2D eigenvalue weighted by Crippen LogP contribution is -2.36. The quantitative estimate of drug-likeness (QED) is 0.935. The summed E-state index contributed by atoms with van der Waals surface area (Å²) in [6.45, 7) is 1.80. The van der Waals surface area contributed by atoms with Gasteiger partial charge >= 0.3 is 0 Å². The molecule has 6 heteroatoms. The molecule has 2 aromatic rings. The fraction of sp³-hybridized carbons (Fsp3) is 0.222. The third-order valence-corrected chi connectivity index (χ3v) is 3.85. The van der Waals surface area contributed by atoms with Crippen LogP contribution in [0.25, 0.3) is 0 Å². The molecule has 1 aliphatic rings. The number of halogens is 2. The van der Waals surface area contributed by atoms with Crippen molar-refractivity contribution in [3.05, 3.63) is 71.3 Å². The molecule has 0 saturated heterocycles. The smallest absolute Gasteiger partial charge is 0.264 e. The number of benzene rings is 2. The molecule has 124 valence electrons. The van der Waals surface area contributed by atoms with Gasteiger partial charge in [0.1, 0.15) is 11.6 Å². The number of carbonyl (C=O) groups is 1. The van der Waals surface area contributed by atoms with E-state index in [1.807, 2.05) is 0 Å².